The maximum Gasteiger partial charge on any atom is 0.416 e. The monoisotopic (exact) mass is 725 g/mol. The number of alkyl carbamates (subject to hydrolysis) is 1. The van der Waals surface area contributed by atoms with Crippen molar-refractivity contribution in [2.75, 3.05) is 60.1 Å². The summed E-state index contributed by atoms with van der Waals surface area (Å²) in [5.41, 5.74) is 0. The average Bonchev–Trinajstić information content (AvgIpc) is 3.40. The van der Waals surface area contributed by atoms with E-state index in [4.69, 9.17) is 14.2 Å². The molecule has 0 saturated carbocycles. The molecule has 1 rings (SSSR count). The van der Waals surface area contributed by atoms with Crippen LogP contribution in [0.25, 0.3) is 0 Å². The van der Waals surface area contributed by atoms with Crippen LogP contribution < -0.4 is 29.3 Å². The lowest BCUT2D eigenvalue weighted by molar-refractivity contribution is -0.896. The Kier molecular flexibility index (Phi) is 26.5. The van der Waals surface area contributed by atoms with Gasteiger partial charge in [-0.3, -0.25) is 4.79 Å². The van der Waals surface area contributed by atoms with E-state index in [0.717, 1.165) is 35.3 Å². The molecule has 0 aromatic carbocycles. The number of likely N-dealkylation sites (N-methyl/N-ethyl adjacent to an activating group) is 1. The second-order valence-corrected chi connectivity index (χ2v) is 12.4. The highest BCUT2D eigenvalue weighted by Crippen LogP contribution is 2.16. The molecule has 1 aliphatic rings. The first-order chi connectivity index (χ1) is 20.3. The topological polar surface area (TPSA) is 94.2 Å². The molecule has 9 nitrogen and oxygen atoms in total. The van der Waals surface area contributed by atoms with Crippen LogP contribution in [-0.2, 0) is 19.0 Å². The molecule has 43 heavy (non-hydrogen) atoms. The molecule has 1 saturated heterocycles. The number of amides is 3. The number of ether oxygens (including phenoxy) is 3. The standard InChI is InChI=1S/C33H63N3O6.HI/c1-5-6-7-8-9-10-11-12-13-14-15-16-17-18-19-20-23-34-32(38)41-28-31(40-4)29-42-33(39)35(30(2)37)24-27-36(3)25-21-22-26-36;/h31H,5-29H2,1-4H3;1H. The van der Waals surface area contributed by atoms with E-state index >= 15 is 0 Å². The Morgan fingerprint density at radius 3 is 1.70 bits per heavy atom. The van der Waals surface area contributed by atoms with Gasteiger partial charge in [0, 0.05) is 33.4 Å². The van der Waals surface area contributed by atoms with Gasteiger partial charge in [-0.25, -0.2) is 14.5 Å². The number of halogens is 1. The summed E-state index contributed by atoms with van der Waals surface area (Å²) in [6.45, 7) is 7.23. The van der Waals surface area contributed by atoms with Gasteiger partial charge in [-0.1, -0.05) is 103 Å². The minimum absolute atomic E-state index is 0. The van der Waals surface area contributed by atoms with E-state index < -0.39 is 18.3 Å². The molecule has 0 radical (unpaired) electrons. The van der Waals surface area contributed by atoms with E-state index in [1.807, 2.05) is 0 Å². The van der Waals surface area contributed by atoms with Gasteiger partial charge in [0.15, 0.2) is 0 Å². The first kappa shape index (κ1) is 41.9. The quantitative estimate of drug-likeness (QED) is 0.0862. The van der Waals surface area contributed by atoms with Crippen molar-refractivity contribution < 1.29 is 57.1 Å². The number of imide groups is 1. The first-order valence-electron chi connectivity index (χ1n) is 17.0. The van der Waals surface area contributed by atoms with Gasteiger partial charge < -0.3 is 48.0 Å². The third-order valence-corrected chi connectivity index (χ3v) is 8.54. The Balaban J connectivity index is 0.0000176. The van der Waals surface area contributed by atoms with Crippen LogP contribution in [-0.4, -0.2) is 93.7 Å². The zero-order valence-corrected chi connectivity index (χ0v) is 30.1. The molecule has 0 spiro atoms. The van der Waals surface area contributed by atoms with Crippen LogP contribution in [0.4, 0.5) is 9.59 Å². The van der Waals surface area contributed by atoms with Crippen LogP contribution in [0.1, 0.15) is 129 Å². The summed E-state index contributed by atoms with van der Waals surface area (Å²) in [6.07, 6.45) is 21.6. The molecule has 1 heterocycles. The van der Waals surface area contributed by atoms with Crippen LogP contribution in [0, 0.1) is 0 Å². The summed E-state index contributed by atoms with van der Waals surface area (Å²) in [4.78, 5) is 37.8. The minimum Gasteiger partial charge on any atom is -1.00 e. The van der Waals surface area contributed by atoms with Gasteiger partial charge in [0.1, 0.15) is 19.3 Å². The minimum atomic E-state index is -0.691. The number of carbonyl (C=O) groups excluding carboxylic acids is 3. The third kappa shape index (κ3) is 22.1. The summed E-state index contributed by atoms with van der Waals surface area (Å²) >= 11 is 0. The van der Waals surface area contributed by atoms with Crippen molar-refractivity contribution in [2.45, 2.75) is 136 Å². The molecule has 3 amide bonds. The number of nitrogens with zero attached hydrogens (tertiary/aromatic N) is 2. The van der Waals surface area contributed by atoms with E-state index in [1.54, 1.807) is 0 Å². The molecule has 1 aliphatic heterocycles. The number of unbranched alkanes of at least 4 members (excludes halogenated alkanes) is 15. The van der Waals surface area contributed by atoms with Gasteiger partial charge in [-0.15, -0.1) is 0 Å². The fourth-order valence-corrected chi connectivity index (χ4v) is 5.55. The Hall–Kier alpha value is -1.14. The molecule has 0 aromatic rings. The Bertz CT molecular complexity index is 721. The fourth-order valence-electron chi connectivity index (χ4n) is 5.55. The second-order valence-electron chi connectivity index (χ2n) is 12.4. The zero-order chi connectivity index (χ0) is 30.9. The van der Waals surface area contributed by atoms with Gasteiger partial charge >= 0.3 is 12.2 Å². The molecule has 10 heteroatoms. The molecule has 0 aromatic heterocycles. The van der Waals surface area contributed by atoms with Crippen molar-refractivity contribution >= 4 is 18.1 Å². The van der Waals surface area contributed by atoms with Crippen LogP contribution >= 0.6 is 0 Å². The molecule has 1 N–H and O–H groups in total. The smallest absolute Gasteiger partial charge is 0.416 e. The second kappa shape index (κ2) is 27.2. The molecule has 0 aliphatic carbocycles. The highest BCUT2D eigenvalue weighted by atomic mass is 127. The van der Waals surface area contributed by atoms with Crippen molar-refractivity contribution in [3.8, 4) is 0 Å². The fraction of sp³-hybridized carbons (Fsp3) is 0.909. The van der Waals surface area contributed by atoms with Crippen LogP contribution in [0.2, 0.25) is 0 Å². The van der Waals surface area contributed by atoms with E-state index in [9.17, 15) is 14.4 Å². The van der Waals surface area contributed by atoms with Gasteiger partial charge in [-0.2, -0.15) is 0 Å². The van der Waals surface area contributed by atoms with Gasteiger partial charge in [0.25, 0.3) is 0 Å². The van der Waals surface area contributed by atoms with Crippen molar-refractivity contribution in [3.63, 3.8) is 0 Å². The predicted molar refractivity (Wildman–Crippen MR) is 168 cm³/mol. The van der Waals surface area contributed by atoms with E-state index in [-0.39, 0.29) is 43.1 Å². The van der Waals surface area contributed by atoms with Crippen LogP contribution in [0.3, 0.4) is 0 Å². The number of likely N-dealkylation sites (tertiary alicyclic amines) is 1. The lowest BCUT2D eigenvalue weighted by atomic mass is 10.0. The average molecular weight is 726 g/mol. The number of rotatable bonds is 25. The number of hydrogen-bond acceptors (Lipinski definition) is 6. The normalized spacial score (nSPS) is 14.5. The number of hydrogen-bond donors (Lipinski definition) is 1. The molecule has 1 atom stereocenters. The van der Waals surface area contributed by atoms with E-state index in [0.29, 0.717) is 19.6 Å². The molecule has 254 valence electrons. The van der Waals surface area contributed by atoms with E-state index in [1.165, 1.54) is 117 Å². The number of nitrogens with one attached hydrogen (secondary N) is 1. The summed E-state index contributed by atoms with van der Waals surface area (Å²) in [7, 11) is 3.62. The van der Waals surface area contributed by atoms with Crippen molar-refractivity contribution in [2.24, 2.45) is 0 Å². The highest BCUT2D eigenvalue weighted by molar-refractivity contribution is 5.90. The number of quaternary nitrogens is 1. The number of methoxy groups -OCH3 is 1. The Morgan fingerprint density at radius 1 is 0.767 bits per heavy atom. The van der Waals surface area contributed by atoms with Crippen molar-refractivity contribution in [1.82, 2.24) is 10.2 Å². The molecule has 1 unspecified atom stereocenters. The van der Waals surface area contributed by atoms with Gasteiger partial charge in [0.2, 0.25) is 5.91 Å². The van der Waals surface area contributed by atoms with Crippen molar-refractivity contribution in [3.05, 3.63) is 0 Å². The summed E-state index contributed by atoms with van der Waals surface area (Å²) in [5.74, 6) is -0.343. The van der Waals surface area contributed by atoms with Crippen molar-refractivity contribution in [1.29, 1.82) is 0 Å². The molecular weight excluding hydrogens is 661 g/mol. The lowest BCUT2D eigenvalue weighted by Crippen LogP contribution is -3.00. The summed E-state index contributed by atoms with van der Waals surface area (Å²) in [6, 6.07) is 0. The van der Waals surface area contributed by atoms with E-state index in [2.05, 4.69) is 19.3 Å². The molecular formula is C33H64IN3O6. The Morgan fingerprint density at radius 2 is 1.23 bits per heavy atom. The SMILES string of the molecule is CCCCCCCCCCCCCCCCCCNC(=O)OCC(COC(=O)N(CC[N+]1(C)CCCC1)C(C)=O)OC.[I-]. The van der Waals surface area contributed by atoms with Gasteiger partial charge in [-0.05, 0) is 6.42 Å². The van der Waals surface area contributed by atoms with Crippen LogP contribution in [0.5, 0.6) is 0 Å². The lowest BCUT2D eigenvalue weighted by Gasteiger charge is -2.31. The molecule has 0 bridgehead atoms. The van der Waals surface area contributed by atoms with Crippen LogP contribution in [0.15, 0.2) is 0 Å². The first-order valence-corrected chi connectivity index (χ1v) is 17.0. The maximum absolute atomic E-state index is 12.5. The Labute approximate surface area is 280 Å². The maximum atomic E-state index is 12.5. The highest BCUT2D eigenvalue weighted by Gasteiger charge is 2.30. The predicted octanol–water partition coefficient (Wildman–Crippen LogP) is 4.22. The number of carbonyl (C=O) groups is 3. The summed E-state index contributed by atoms with van der Waals surface area (Å²) in [5, 5.41) is 2.78. The molecule has 1 fully saturated rings. The van der Waals surface area contributed by atoms with Gasteiger partial charge in [0.05, 0.1) is 33.2 Å². The largest absolute Gasteiger partial charge is 1.00 e. The third-order valence-electron chi connectivity index (χ3n) is 8.54. The summed E-state index contributed by atoms with van der Waals surface area (Å²) < 4.78 is 16.7. The zero-order valence-electron chi connectivity index (χ0n) is 28.0.